The van der Waals surface area contributed by atoms with Crippen LogP contribution in [-0.4, -0.2) is 57.8 Å². The van der Waals surface area contributed by atoms with E-state index < -0.39 is 18.0 Å². The number of carbonyl (C=O) groups excluding carboxylic acids is 3. The predicted octanol–water partition coefficient (Wildman–Crippen LogP) is 3.37. The van der Waals surface area contributed by atoms with E-state index in [-0.39, 0.29) is 24.5 Å². The second kappa shape index (κ2) is 8.22. The fourth-order valence-electron chi connectivity index (χ4n) is 4.47. The van der Waals surface area contributed by atoms with Crippen LogP contribution in [0.4, 0.5) is 10.5 Å². The molecule has 4 rings (SSSR count). The maximum absolute atomic E-state index is 13.7. The summed E-state index contributed by atoms with van der Waals surface area (Å²) in [5.74, 6) is -0.114. The van der Waals surface area contributed by atoms with Crippen molar-refractivity contribution in [2.75, 3.05) is 11.4 Å². The summed E-state index contributed by atoms with van der Waals surface area (Å²) in [7, 11) is 0. The van der Waals surface area contributed by atoms with Crippen molar-refractivity contribution in [1.29, 1.82) is 0 Å². The molecule has 0 radical (unpaired) electrons. The summed E-state index contributed by atoms with van der Waals surface area (Å²) in [4.78, 5) is 43.2. The van der Waals surface area contributed by atoms with Crippen molar-refractivity contribution in [2.24, 2.45) is 0 Å². The normalized spacial score (nSPS) is 17.6. The van der Waals surface area contributed by atoms with Crippen LogP contribution in [0.25, 0.3) is 0 Å². The van der Waals surface area contributed by atoms with Crippen LogP contribution in [0.3, 0.4) is 0 Å². The standard InChI is InChI=1S/C25H28N3O4/c1-15(2)27(16(3)4)21(29)14-26-22-19-8-6-7-9-20(19)32-23(22)24(30)28(25(26)31)18-12-10-17(5)11-13-18/h6-13,15-16,23H,14H2,1-5H3/q+1. The third-order valence-electron chi connectivity index (χ3n) is 5.80. The lowest BCUT2D eigenvalue weighted by atomic mass is 10.0. The summed E-state index contributed by atoms with van der Waals surface area (Å²) in [6.07, 6.45) is -0.981. The Morgan fingerprint density at radius 1 is 1.03 bits per heavy atom. The average molecular weight is 435 g/mol. The molecular weight excluding hydrogens is 406 g/mol. The van der Waals surface area contributed by atoms with Crippen molar-refractivity contribution in [3.05, 3.63) is 59.7 Å². The fourth-order valence-corrected chi connectivity index (χ4v) is 4.47. The highest BCUT2D eigenvalue weighted by molar-refractivity contribution is 6.29. The first kappa shape index (κ1) is 21.7. The maximum atomic E-state index is 13.7. The number of rotatable bonds is 5. The molecule has 1 atom stereocenters. The Kier molecular flexibility index (Phi) is 5.59. The van der Waals surface area contributed by atoms with E-state index in [1.807, 2.05) is 65.0 Å². The van der Waals surface area contributed by atoms with Crippen LogP contribution >= 0.6 is 0 Å². The van der Waals surface area contributed by atoms with Gasteiger partial charge in [0.05, 0.1) is 5.56 Å². The number of carbonyl (C=O) groups is 3. The van der Waals surface area contributed by atoms with Gasteiger partial charge in [-0.15, -0.1) is 4.90 Å². The molecule has 7 heteroatoms. The minimum atomic E-state index is -0.981. The van der Waals surface area contributed by atoms with Crippen molar-refractivity contribution in [3.63, 3.8) is 0 Å². The first-order chi connectivity index (χ1) is 15.2. The molecule has 0 saturated carbocycles. The number of ether oxygens (including phenoxy) is 1. The fraction of sp³-hybridized carbons (Fsp3) is 0.360. The predicted molar refractivity (Wildman–Crippen MR) is 121 cm³/mol. The van der Waals surface area contributed by atoms with Crippen molar-refractivity contribution < 1.29 is 23.7 Å². The van der Waals surface area contributed by atoms with E-state index >= 15 is 0 Å². The monoisotopic (exact) mass is 434 g/mol. The molecule has 4 amide bonds. The maximum Gasteiger partial charge on any atom is 0.506 e. The van der Waals surface area contributed by atoms with Crippen molar-refractivity contribution >= 4 is 29.2 Å². The summed E-state index contributed by atoms with van der Waals surface area (Å²) >= 11 is 0. The highest BCUT2D eigenvalue weighted by Crippen LogP contribution is 2.33. The van der Waals surface area contributed by atoms with Gasteiger partial charge in [-0.25, -0.2) is 4.79 Å². The Morgan fingerprint density at radius 3 is 2.28 bits per heavy atom. The number of aryl methyl sites for hydroxylation is 1. The van der Waals surface area contributed by atoms with E-state index in [1.54, 1.807) is 23.1 Å². The average Bonchev–Trinajstić information content (AvgIpc) is 3.12. The largest absolute Gasteiger partial charge is 0.506 e. The number of benzene rings is 2. The first-order valence-electron chi connectivity index (χ1n) is 10.9. The molecule has 2 aromatic carbocycles. The van der Waals surface area contributed by atoms with E-state index in [0.29, 0.717) is 22.7 Å². The van der Waals surface area contributed by atoms with Gasteiger partial charge in [0, 0.05) is 12.1 Å². The molecule has 2 aromatic rings. The number of para-hydroxylation sites is 1. The Labute approximate surface area is 187 Å². The highest BCUT2D eigenvalue weighted by atomic mass is 16.5. The Morgan fingerprint density at radius 2 is 1.66 bits per heavy atom. The molecule has 0 fully saturated rings. The second-order valence-corrected chi connectivity index (χ2v) is 8.75. The SMILES string of the molecule is Cc1ccc(N2C(=O)C3Oc4ccccc4C3=[N+](CC(=O)N(C(C)C)C(C)C)C2=O)cc1. The number of imide groups is 1. The number of urea groups is 1. The number of hydrogen-bond donors (Lipinski definition) is 0. The van der Waals surface area contributed by atoms with Crippen LogP contribution in [0, 0.1) is 6.92 Å². The quantitative estimate of drug-likeness (QED) is 0.677. The van der Waals surface area contributed by atoms with Gasteiger partial charge in [-0.1, -0.05) is 29.8 Å². The number of nitrogens with zero attached hydrogens (tertiary/aromatic N) is 3. The number of fused-ring (bicyclic) bond motifs is 3. The van der Waals surface area contributed by atoms with Gasteiger partial charge in [-0.2, -0.15) is 9.37 Å². The zero-order valence-corrected chi connectivity index (χ0v) is 19.0. The molecule has 0 bridgehead atoms. The van der Waals surface area contributed by atoms with E-state index in [4.69, 9.17) is 4.74 Å². The third kappa shape index (κ3) is 3.57. The minimum absolute atomic E-state index is 0.0230. The summed E-state index contributed by atoms with van der Waals surface area (Å²) in [5, 5.41) is 0. The van der Waals surface area contributed by atoms with E-state index in [2.05, 4.69) is 0 Å². The van der Waals surface area contributed by atoms with Gasteiger partial charge >= 0.3 is 11.9 Å². The lowest BCUT2D eigenvalue weighted by Crippen LogP contribution is -2.60. The van der Waals surface area contributed by atoms with Gasteiger partial charge in [0.2, 0.25) is 0 Å². The molecule has 0 N–H and O–H groups in total. The molecule has 2 aliphatic heterocycles. The molecule has 0 aromatic heterocycles. The van der Waals surface area contributed by atoms with Gasteiger partial charge in [0.1, 0.15) is 11.4 Å². The molecule has 2 heterocycles. The van der Waals surface area contributed by atoms with Gasteiger partial charge in [0.15, 0.2) is 12.3 Å². The Balaban J connectivity index is 1.83. The van der Waals surface area contributed by atoms with Gasteiger partial charge in [-0.3, -0.25) is 4.79 Å². The number of anilines is 1. The summed E-state index contributed by atoms with van der Waals surface area (Å²) < 4.78 is 7.37. The van der Waals surface area contributed by atoms with Crippen molar-refractivity contribution in [1.82, 2.24) is 4.90 Å². The molecule has 1 unspecified atom stereocenters. The van der Waals surface area contributed by atoms with Crippen LogP contribution in [0.15, 0.2) is 48.5 Å². The van der Waals surface area contributed by atoms with E-state index in [9.17, 15) is 14.4 Å². The molecule has 7 nitrogen and oxygen atoms in total. The zero-order valence-electron chi connectivity index (χ0n) is 19.0. The zero-order chi connectivity index (χ0) is 23.2. The molecule has 2 aliphatic rings. The van der Waals surface area contributed by atoms with Crippen LogP contribution in [0.5, 0.6) is 5.75 Å². The summed E-state index contributed by atoms with van der Waals surface area (Å²) in [5.41, 5.74) is 2.56. The van der Waals surface area contributed by atoms with Crippen LogP contribution in [0.1, 0.15) is 38.8 Å². The van der Waals surface area contributed by atoms with Crippen LogP contribution in [-0.2, 0) is 9.59 Å². The Hall–Kier alpha value is -3.48. The number of hydrogen-bond acceptors (Lipinski definition) is 4. The lowest BCUT2D eigenvalue weighted by molar-refractivity contribution is -0.419. The van der Waals surface area contributed by atoms with Gasteiger partial charge in [-0.05, 0) is 58.9 Å². The second-order valence-electron chi connectivity index (χ2n) is 8.75. The molecule has 0 spiro atoms. The van der Waals surface area contributed by atoms with E-state index in [1.165, 1.54) is 4.58 Å². The topological polar surface area (TPSA) is 69.9 Å². The molecule has 166 valence electrons. The summed E-state index contributed by atoms with van der Waals surface area (Å²) in [6.45, 7) is 9.55. The summed E-state index contributed by atoms with van der Waals surface area (Å²) in [6, 6.07) is 13.8. The lowest BCUT2D eigenvalue weighted by Gasteiger charge is -2.31. The van der Waals surface area contributed by atoms with Gasteiger partial charge in [0.25, 0.3) is 12.0 Å². The first-order valence-corrected chi connectivity index (χ1v) is 10.9. The molecular formula is C25H28N3O4+. The smallest absolute Gasteiger partial charge is 0.469 e. The highest BCUT2D eigenvalue weighted by Gasteiger charge is 2.55. The molecule has 0 aliphatic carbocycles. The number of amides is 4. The van der Waals surface area contributed by atoms with Crippen LogP contribution < -0.4 is 9.64 Å². The minimum Gasteiger partial charge on any atom is -0.469 e. The third-order valence-corrected chi connectivity index (χ3v) is 5.80. The molecule has 32 heavy (non-hydrogen) atoms. The molecule has 0 saturated heterocycles. The van der Waals surface area contributed by atoms with Gasteiger partial charge < -0.3 is 9.64 Å². The van der Waals surface area contributed by atoms with Crippen LogP contribution in [0.2, 0.25) is 0 Å². The van der Waals surface area contributed by atoms with Crippen molar-refractivity contribution in [2.45, 2.75) is 52.8 Å². The Bertz CT molecular complexity index is 1110. The van der Waals surface area contributed by atoms with E-state index in [0.717, 1.165) is 10.5 Å². The van der Waals surface area contributed by atoms with Crippen molar-refractivity contribution in [3.8, 4) is 5.75 Å².